The van der Waals surface area contributed by atoms with Crippen LogP contribution in [0.2, 0.25) is 0 Å². The number of carbonyl (C=O) groups excluding carboxylic acids is 1. The van der Waals surface area contributed by atoms with Gasteiger partial charge in [-0.2, -0.15) is 0 Å². The first kappa shape index (κ1) is 17.9. The van der Waals surface area contributed by atoms with Gasteiger partial charge < -0.3 is 4.42 Å². The molecule has 0 aliphatic carbocycles. The van der Waals surface area contributed by atoms with Crippen LogP contribution in [0.3, 0.4) is 0 Å². The van der Waals surface area contributed by atoms with Gasteiger partial charge in [-0.05, 0) is 18.6 Å². The number of nitrogens with zero attached hydrogens (tertiary/aromatic N) is 4. The van der Waals surface area contributed by atoms with Crippen molar-refractivity contribution in [3.8, 4) is 11.5 Å². The highest BCUT2D eigenvalue weighted by molar-refractivity contribution is 8.03. The molecule has 3 aromatic rings. The summed E-state index contributed by atoms with van der Waals surface area (Å²) in [4.78, 5) is 12.0. The number of hydrogen-bond acceptors (Lipinski definition) is 9. The van der Waals surface area contributed by atoms with E-state index in [1.165, 1.54) is 23.1 Å². The molecular weight excluding hydrogens is 378 g/mol. The third-order valence-corrected chi connectivity index (χ3v) is 6.23. The molecule has 1 amide bonds. The normalized spacial score (nSPS) is 10.8. The van der Waals surface area contributed by atoms with Crippen LogP contribution < -0.4 is 5.32 Å². The van der Waals surface area contributed by atoms with Gasteiger partial charge in [0.25, 0.3) is 0 Å². The molecule has 2 aromatic heterocycles. The number of carbonyl (C=O) groups is 1. The molecule has 7 nitrogen and oxygen atoms in total. The maximum Gasteiger partial charge on any atom is 0.322 e. The first-order valence-corrected chi connectivity index (χ1v) is 10.3. The lowest BCUT2D eigenvalue weighted by molar-refractivity contribution is -0.113. The standard InChI is InChI=1S/C15H15N5O2S3/c1-2-8-23-14-19-20-15(25-14)24-9-11(21)16-13-18-17-12(22-13)10-6-4-3-5-7-10/h3-7H,2,8-9H2,1H3,(H,16,18,21). The van der Waals surface area contributed by atoms with Crippen molar-refractivity contribution in [1.29, 1.82) is 0 Å². The lowest BCUT2D eigenvalue weighted by Gasteiger charge is -1.98. The Hall–Kier alpha value is -1.91. The summed E-state index contributed by atoms with van der Waals surface area (Å²) in [6.45, 7) is 2.12. The Kier molecular flexibility index (Phi) is 6.42. The van der Waals surface area contributed by atoms with Crippen molar-refractivity contribution in [3.05, 3.63) is 30.3 Å². The summed E-state index contributed by atoms with van der Waals surface area (Å²) in [6, 6.07) is 9.46. The number of rotatable bonds is 8. The van der Waals surface area contributed by atoms with Gasteiger partial charge in [0.15, 0.2) is 8.68 Å². The molecule has 0 saturated carbocycles. The van der Waals surface area contributed by atoms with Crippen molar-refractivity contribution in [2.75, 3.05) is 16.8 Å². The molecule has 25 heavy (non-hydrogen) atoms. The minimum absolute atomic E-state index is 0.0842. The maximum atomic E-state index is 12.0. The van der Waals surface area contributed by atoms with Crippen molar-refractivity contribution in [2.45, 2.75) is 22.0 Å². The number of aromatic nitrogens is 4. The Morgan fingerprint density at radius 1 is 1.12 bits per heavy atom. The molecule has 2 heterocycles. The van der Waals surface area contributed by atoms with Crippen LogP contribution in [0.25, 0.3) is 11.5 Å². The zero-order valence-electron chi connectivity index (χ0n) is 13.3. The quantitative estimate of drug-likeness (QED) is 0.577. The van der Waals surface area contributed by atoms with Gasteiger partial charge in [-0.25, -0.2) is 0 Å². The first-order valence-electron chi connectivity index (χ1n) is 7.52. The van der Waals surface area contributed by atoms with E-state index in [1.807, 2.05) is 30.3 Å². The fourth-order valence-electron chi connectivity index (χ4n) is 1.76. The number of benzene rings is 1. The SMILES string of the molecule is CCCSc1nnc(SCC(=O)Nc2nnc(-c3ccccc3)o2)s1. The summed E-state index contributed by atoms with van der Waals surface area (Å²) in [5.74, 6) is 1.35. The molecule has 0 fully saturated rings. The van der Waals surface area contributed by atoms with Crippen LogP contribution in [0.1, 0.15) is 13.3 Å². The molecule has 0 aliphatic rings. The smallest absolute Gasteiger partial charge is 0.322 e. The maximum absolute atomic E-state index is 12.0. The van der Waals surface area contributed by atoms with E-state index in [0.29, 0.717) is 5.89 Å². The molecule has 1 aromatic carbocycles. The van der Waals surface area contributed by atoms with Crippen molar-refractivity contribution >= 4 is 46.8 Å². The predicted molar refractivity (Wildman–Crippen MR) is 100 cm³/mol. The molecular formula is C15H15N5O2S3. The molecule has 1 N–H and O–H groups in total. The number of amides is 1. The topological polar surface area (TPSA) is 93.8 Å². The molecule has 10 heteroatoms. The minimum Gasteiger partial charge on any atom is -0.403 e. The third kappa shape index (κ3) is 5.28. The van der Waals surface area contributed by atoms with Gasteiger partial charge in [0.2, 0.25) is 11.8 Å². The Balaban J connectivity index is 1.49. The molecule has 0 bridgehead atoms. The lowest BCUT2D eigenvalue weighted by atomic mass is 10.2. The molecule has 130 valence electrons. The number of nitrogens with one attached hydrogen (secondary N) is 1. The molecule has 0 atom stereocenters. The van der Waals surface area contributed by atoms with Crippen LogP contribution >= 0.6 is 34.9 Å². The van der Waals surface area contributed by atoms with Crippen molar-refractivity contribution in [3.63, 3.8) is 0 Å². The van der Waals surface area contributed by atoms with Crippen molar-refractivity contribution < 1.29 is 9.21 Å². The van der Waals surface area contributed by atoms with E-state index >= 15 is 0 Å². The van der Waals surface area contributed by atoms with Gasteiger partial charge in [-0.15, -0.1) is 15.3 Å². The summed E-state index contributed by atoms with van der Waals surface area (Å²) < 4.78 is 7.14. The highest BCUT2D eigenvalue weighted by atomic mass is 32.2. The Morgan fingerprint density at radius 2 is 1.88 bits per heavy atom. The Labute approximate surface area is 157 Å². The van der Waals surface area contributed by atoms with E-state index in [-0.39, 0.29) is 17.7 Å². The summed E-state index contributed by atoms with van der Waals surface area (Å²) in [6.07, 6.45) is 1.09. The van der Waals surface area contributed by atoms with Gasteiger partial charge in [0.1, 0.15) is 0 Å². The van der Waals surface area contributed by atoms with Crippen molar-refractivity contribution in [1.82, 2.24) is 20.4 Å². The molecule has 3 rings (SSSR count). The van der Waals surface area contributed by atoms with E-state index in [0.717, 1.165) is 26.4 Å². The van der Waals surface area contributed by atoms with Gasteiger partial charge in [0, 0.05) is 11.3 Å². The number of anilines is 1. The summed E-state index contributed by atoms with van der Waals surface area (Å²) in [5, 5.41) is 18.5. The van der Waals surface area contributed by atoms with E-state index in [2.05, 4.69) is 32.6 Å². The van der Waals surface area contributed by atoms with E-state index in [4.69, 9.17) is 4.42 Å². The highest BCUT2D eigenvalue weighted by Crippen LogP contribution is 2.29. The zero-order valence-corrected chi connectivity index (χ0v) is 15.8. The fraction of sp³-hybridized carbons (Fsp3) is 0.267. The number of thioether (sulfide) groups is 2. The molecule has 0 unspecified atom stereocenters. The van der Waals surface area contributed by atoms with E-state index in [9.17, 15) is 4.79 Å². The average molecular weight is 394 g/mol. The van der Waals surface area contributed by atoms with Crippen molar-refractivity contribution in [2.24, 2.45) is 0 Å². The minimum atomic E-state index is -0.230. The van der Waals surface area contributed by atoms with Crippen LogP contribution in [0.15, 0.2) is 43.4 Å². The zero-order chi connectivity index (χ0) is 17.5. The largest absolute Gasteiger partial charge is 0.403 e. The number of hydrogen-bond donors (Lipinski definition) is 1. The van der Waals surface area contributed by atoms with Gasteiger partial charge in [0.05, 0.1) is 5.75 Å². The lowest BCUT2D eigenvalue weighted by Crippen LogP contribution is -2.14. The summed E-state index contributed by atoms with van der Waals surface area (Å²) >= 11 is 4.51. The second-order valence-electron chi connectivity index (χ2n) is 4.80. The Bertz CT molecular complexity index is 821. The Morgan fingerprint density at radius 3 is 2.64 bits per heavy atom. The van der Waals surface area contributed by atoms with Gasteiger partial charge in [-0.1, -0.05) is 65.1 Å². The van der Waals surface area contributed by atoms with Crippen LogP contribution in [0, 0.1) is 0 Å². The third-order valence-electron chi connectivity index (χ3n) is 2.84. The van der Waals surface area contributed by atoms with Crippen LogP contribution in [-0.2, 0) is 4.79 Å². The van der Waals surface area contributed by atoms with E-state index in [1.54, 1.807) is 11.8 Å². The molecule has 0 saturated heterocycles. The summed E-state index contributed by atoms with van der Waals surface area (Å²) in [5.41, 5.74) is 0.802. The first-order chi connectivity index (χ1) is 12.2. The summed E-state index contributed by atoms with van der Waals surface area (Å²) in [7, 11) is 0. The second kappa shape index (κ2) is 8.97. The highest BCUT2D eigenvalue weighted by Gasteiger charge is 2.13. The molecule has 0 radical (unpaired) electrons. The molecule has 0 spiro atoms. The van der Waals surface area contributed by atoms with Crippen LogP contribution in [0.4, 0.5) is 6.01 Å². The monoisotopic (exact) mass is 393 g/mol. The molecule has 0 aliphatic heterocycles. The van der Waals surface area contributed by atoms with Crippen LogP contribution in [-0.4, -0.2) is 37.8 Å². The second-order valence-corrected chi connectivity index (χ2v) is 8.34. The van der Waals surface area contributed by atoms with Gasteiger partial charge >= 0.3 is 6.01 Å². The average Bonchev–Trinajstić information content (AvgIpc) is 3.28. The van der Waals surface area contributed by atoms with E-state index < -0.39 is 0 Å². The van der Waals surface area contributed by atoms with Gasteiger partial charge in [-0.3, -0.25) is 10.1 Å². The fourth-order valence-corrected chi connectivity index (χ4v) is 4.50. The predicted octanol–water partition coefficient (Wildman–Crippen LogP) is 3.82. The van der Waals surface area contributed by atoms with Crippen LogP contribution in [0.5, 0.6) is 0 Å².